The van der Waals surface area contributed by atoms with E-state index in [9.17, 15) is 18.0 Å². The van der Waals surface area contributed by atoms with Gasteiger partial charge in [-0.05, 0) is 12.3 Å². The van der Waals surface area contributed by atoms with Crippen LogP contribution in [0.4, 0.5) is 18.0 Å². The summed E-state index contributed by atoms with van der Waals surface area (Å²) in [7, 11) is 1.48. The third-order valence-electron chi connectivity index (χ3n) is 1.83. The Morgan fingerprint density at radius 2 is 1.93 bits per heavy atom. The van der Waals surface area contributed by atoms with Gasteiger partial charge in [0.25, 0.3) is 0 Å². The van der Waals surface area contributed by atoms with Crippen LogP contribution < -0.4 is 5.32 Å². The average Bonchev–Trinajstić information content (AvgIpc) is 2.08. The van der Waals surface area contributed by atoms with Crippen molar-refractivity contribution in [3.8, 4) is 0 Å². The minimum absolute atomic E-state index is 0.419. The predicted octanol–water partition coefficient (Wildman–Crippen LogP) is 2.24. The maximum absolute atomic E-state index is 11.8. The lowest BCUT2D eigenvalue weighted by molar-refractivity contribution is -0.123. The second-order valence-electron chi connectivity index (χ2n) is 3.88. The molecule has 6 heteroatoms. The first-order valence-electron chi connectivity index (χ1n) is 4.78. The lowest BCUT2D eigenvalue weighted by atomic mass is 10.1. The van der Waals surface area contributed by atoms with Crippen molar-refractivity contribution in [2.45, 2.75) is 26.4 Å². The summed E-state index contributed by atoms with van der Waals surface area (Å²) in [6.07, 6.45) is -3.58. The van der Waals surface area contributed by atoms with Gasteiger partial charge in [0.1, 0.15) is 6.54 Å². The van der Waals surface area contributed by atoms with Crippen molar-refractivity contribution in [3.63, 3.8) is 0 Å². The molecule has 0 rings (SSSR count). The van der Waals surface area contributed by atoms with E-state index >= 15 is 0 Å². The van der Waals surface area contributed by atoms with Crippen LogP contribution >= 0.6 is 0 Å². The van der Waals surface area contributed by atoms with E-state index in [0.29, 0.717) is 12.5 Å². The fourth-order valence-corrected chi connectivity index (χ4v) is 0.864. The summed E-state index contributed by atoms with van der Waals surface area (Å²) in [4.78, 5) is 12.4. The number of amides is 2. The molecule has 1 N–H and O–H groups in total. The summed E-state index contributed by atoms with van der Waals surface area (Å²) in [6, 6.07) is -0.687. The molecule has 2 amide bonds. The molecule has 0 aromatic carbocycles. The predicted molar refractivity (Wildman–Crippen MR) is 51.5 cm³/mol. The molecule has 0 aliphatic carbocycles. The second kappa shape index (κ2) is 5.82. The molecule has 15 heavy (non-hydrogen) atoms. The van der Waals surface area contributed by atoms with Crippen LogP contribution in [0.2, 0.25) is 0 Å². The molecule has 0 spiro atoms. The van der Waals surface area contributed by atoms with Gasteiger partial charge in [-0.3, -0.25) is 0 Å². The van der Waals surface area contributed by atoms with Crippen LogP contribution in [-0.2, 0) is 0 Å². The number of urea groups is 1. The van der Waals surface area contributed by atoms with Crippen LogP contribution in [0.25, 0.3) is 0 Å². The molecule has 0 atom stereocenters. The number of carbonyl (C=O) groups excluding carboxylic acids is 1. The highest BCUT2D eigenvalue weighted by Crippen LogP contribution is 2.12. The Balaban J connectivity index is 3.80. The van der Waals surface area contributed by atoms with E-state index in [4.69, 9.17) is 0 Å². The van der Waals surface area contributed by atoms with Crippen LogP contribution in [0.1, 0.15) is 20.3 Å². The Bertz CT molecular complexity index is 204. The molecule has 0 aromatic rings. The van der Waals surface area contributed by atoms with Gasteiger partial charge in [0.15, 0.2) is 0 Å². The summed E-state index contributed by atoms with van der Waals surface area (Å²) < 4.78 is 35.3. The molecule has 0 fully saturated rings. The number of nitrogens with one attached hydrogen (secondary N) is 1. The highest BCUT2D eigenvalue weighted by molar-refractivity contribution is 5.73. The largest absolute Gasteiger partial charge is 0.405 e. The normalized spacial score (nSPS) is 11.7. The number of carbonyl (C=O) groups is 1. The number of rotatable bonds is 4. The maximum atomic E-state index is 11.8. The third-order valence-corrected chi connectivity index (χ3v) is 1.83. The van der Waals surface area contributed by atoms with Crippen molar-refractivity contribution in [2.24, 2.45) is 5.92 Å². The highest BCUT2D eigenvalue weighted by Gasteiger charge is 2.28. The third kappa shape index (κ3) is 8.08. The van der Waals surface area contributed by atoms with Crippen LogP contribution in [0.15, 0.2) is 0 Å². The van der Waals surface area contributed by atoms with Gasteiger partial charge in [-0.1, -0.05) is 13.8 Å². The van der Waals surface area contributed by atoms with Gasteiger partial charge < -0.3 is 10.2 Å². The Morgan fingerprint density at radius 1 is 1.40 bits per heavy atom. The second-order valence-corrected chi connectivity index (χ2v) is 3.88. The minimum Gasteiger partial charge on any atom is -0.329 e. The summed E-state index contributed by atoms with van der Waals surface area (Å²) >= 11 is 0. The van der Waals surface area contributed by atoms with Crippen molar-refractivity contribution in [1.82, 2.24) is 10.2 Å². The maximum Gasteiger partial charge on any atom is 0.405 e. The molecule has 0 aromatic heterocycles. The quantitative estimate of drug-likeness (QED) is 0.783. The smallest absolute Gasteiger partial charge is 0.329 e. The Labute approximate surface area is 87.6 Å². The molecule has 90 valence electrons. The van der Waals surface area contributed by atoms with Gasteiger partial charge in [0.2, 0.25) is 0 Å². The molecule has 0 aliphatic rings. The Morgan fingerprint density at radius 3 is 2.33 bits per heavy atom. The van der Waals surface area contributed by atoms with E-state index in [1.54, 1.807) is 0 Å². The van der Waals surface area contributed by atoms with Gasteiger partial charge in [-0.2, -0.15) is 13.2 Å². The van der Waals surface area contributed by atoms with E-state index in [-0.39, 0.29) is 0 Å². The zero-order chi connectivity index (χ0) is 12.1. The van der Waals surface area contributed by atoms with Crippen molar-refractivity contribution in [1.29, 1.82) is 0 Å². The molecular formula is C9H17F3N2O. The molecule has 0 unspecified atom stereocenters. The number of alkyl halides is 3. The zero-order valence-electron chi connectivity index (χ0n) is 9.19. The monoisotopic (exact) mass is 226 g/mol. The lowest BCUT2D eigenvalue weighted by Crippen LogP contribution is -2.42. The van der Waals surface area contributed by atoms with Crippen molar-refractivity contribution >= 4 is 6.03 Å². The lowest BCUT2D eigenvalue weighted by Gasteiger charge is -2.19. The first kappa shape index (κ1) is 14.1. The first-order valence-corrected chi connectivity index (χ1v) is 4.78. The highest BCUT2D eigenvalue weighted by atomic mass is 19.4. The molecule has 0 saturated carbocycles. The van der Waals surface area contributed by atoms with Crippen LogP contribution in [0.5, 0.6) is 0 Å². The average molecular weight is 226 g/mol. The van der Waals surface area contributed by atoms with Gasteiger partial charge in [-0.25, -0.2) is 4.79 Å². The van der Waals surface area contributed by atoms with E-state index < -0.39 is 18.8 Å². The van der Waals surface area contributed by atoms with Crippen molar-refractivity contribution in [3.05, 3.63) is 0 Å². The number of hydrogen-bond acceptors (Lipinski definition) is 1. The van der Waals surface area contributed by atoms with E-state index in [1.165, 1.54) is 11.9 Å². The van der Waals surface area contributed by atoms with Gasteiger partial charge in [-0.15, -0.1) is 0 Å². The first-order chi connectivity index (χ1) is 6.72. The van der Waals surface area contributed by atoms with Gasteiger partial charge >= 0.3 is 12.2 Å². The summed E-state index contributed by atoms with van der Waals surface area (Å²) in [5.74, 6) is 0.419. The van der Waals surface area contributed by atoms with Crippen molar-refractivity contribution < 1.29 is 18.0 Å². The zero-order valence-corrected chi connectivity index (χ0v) is 9.19. The number of nitrogens with zero attached hydrogens (tertiary/aromatic N) is 1. The van der Waals surface area contributed by atoms with Crippen LogP contribution in [0.3, 0.4) is 0 Å². The SMILES string of the molecule is CC(C)CCN(C)C(=O)NCC(F)(F)F. The van der Waals surface area contributed by atoms with Crippen molar-refractivity contribution in [2.75, 3.05) is 20.1 Å². The number of halogens is 3. The summed E-state index contributed by atoms with van der Waals surface area (Å²) in [5.41, 5.74) is 0. The van der Waals surface area contributed by atoms with E-state index in [2.05, 4.69) is 0 Å². The number of hydrogen-bond donors (Lipinski definition) is 1. The topological polar surface area (TPSA) is 32.3 Å². The standard InChI is InChI=1S/C9H17F3N2O/c1-7(2)4-5-14(3)8(15)13-6-9(10,11)12/h7H,4-6H2,1-3H3,(H,13,15). The molecule has 0 heterocycles. The van der Waals surface area contributed by atoms with Gasteiger partial charge in [0, 0.05) is 13.6 Å². The molecule has 0 radical (unpaired) electrons. The van der Waals surface area contributed by atoms with Crippen LogP contribution in [-0.4, -0.2) is 37.2 Å². The Hall–Kier alpha value is -0.940. The fourth-order valence-electron chi connectivity index (χ4n) is 0.864. The van der Waals surface area contributed by atoms with E-state index in [1.807, 2.05) is 19.2 Å². The molecule has 0 aliphatic heterocycles. The molecule has 0 saturated heterocycles. The summed E-state index contributed by atoms with van der Waals surface area (Å²) in [5, 5.41) is 1.81. The Kier molecular flexibility index (Phi) is 5.46. The minimum atomic E-state index is -4.35. The van der Waals surface area contributed by atoms with E-state index in [0.717, 1.165) is 6.42 Å². The van der Waals surface area contributed by atoms with Gasteiger partial charge in [0.05, 0.1) is 0 Å². The van der Waals surface area contributed by atoms with Crippen LogP contribution in [0, 0.1) is 5.92 Å². The molecular weight excluding hydrogens is 209 g/mol. The molecule has 0 bridgehead atoms. The summed E-state index contributed by atoms with van der Waals surface area (Å²) in [6.45, 7) is 3.15. The molecule has 3 nitrogen and oxygen atoms in total. The fraction of sp³-hybridized carbons (Fsp3) is 0.889.